The average Bonchev–Trinajstić information content (AvgIpc) is 2.84. The van der Waals surface area contributed by atoms with Gasteiger partial charge in [0.15, 0.2) is 0 Å². The van der Waals surface area contributed by atoms with E-state index in [1.807, 2.05) is 17.0 Å². The molecule has 1 aromatic carbocycles. The third kappa shape index (κ3) is 5.82. The Bertz CT molecular complexity index is 1100. The smallest absolute Gasteiger partial charge is 0.416 e. The van der Waals surface area contributed by atoms with Crippen LogP contribution in [0.2, 0.25) is 0 Å². The van der Waals surface area contributed by atoms with Gasteiger partial charge in [0.2, 0.25) is 11.8 Å². The fourth-order valence-electron chi connectivity index (χ4n) is 4.39. The summed E-state index contributed by atoms with van der Waals surface area (Å²) in [5.41, 5.74) is 1.13. The molecule has 1 atom stereocenters. The Balaban J connectivity index is 1.39. The van der Waals surface area contributed by atoms with Gasteiger partial charge >= 0.3 is 6.18 Å². The first-order valence-corrected chi connectivity index (χ1v) is 11.4. The summed E-state index contributed by atoms with van der Waals surface area (Å²) in [6.45, 7) is 1.06. The summed E-state index contributed by atoms with van der Waals surface area (Å²) in [6, 6.07) is 7.94. The van der Waals surface area contributed by atoms with Crippen molar-refractivity contribution in [1.82, 2.24) is 20.5 Å². The highest BCUT2D eigenvalue weighted by atomic mass is 19.4. The molecule has 4 rings (SSSR count). The zero-order valence-electron chi connectivity index (χ0n) is 19.3. The van der Waals surface area contributed by atoms with Crippen molar-refractivity contribution in [3.05, 3.63) is 65.4 Å². The highest BCUT2D eigenvalue weighted by molar-refractivity contribution is 5.96. The summed E-state index contributed by atoms with van der Waals surface area (Å²) in [4.78, 5) is 31.6. The summed E-state index contributed by atoms with van der Waals surface area (Å²) >= 11 is 0. The van der Waals surface area contributed by atoms with E-state index in [0.717, 1.165) is 36.1 Å². The summed E-state index contributed by atoms with van der Waals surface area (Å²) in [5.74, 6) is -0.414. The van der Waals surface area contributed by atoms with Crippen molar-refractivity contribution < 1.29 is 27.5 Å². The van der Waals surface area contributed by atoms with Crippen molar-refractivity contribution in [3.8, 4) is 5.88 Å². The number of amides is 2. The topological polar surface area (TPSA) is 83.6 Å². The highest BCUT2D eigenvalue weighted by Gasteiger charge is 2.35. The van der Waals surface area contributed by atoms with Crippen LogP contribution in [0.3, 0.4) is 0 Å². The fourth-order valence-corrected chi connectivity index (χ4v) is 4.39. The van der Waals surface area contributed by atoms with E-state index >= 15 is 0 Å². The number of nitrogens with zero attached hydrogens (tertiary/aromatic N) is 2. The molecule has 2 aliphatic rings. The second-order valence-electron chi connectivity index (χ2n) is 8.62. The number of hydrogen-bond donors (Lipinski definition) is 2. The van der Waals surface area contributed by atoms with E-state index in [0.29, 0.717) is 25.4 Å². The summed E-state index contributed by atoms with van der Waals surface area (Å²) in [5, 5.41) is 5.66. The first-order chi connectivity index (χ1) is 16.8. The lowest BCUT2D eigenvalue weighted by atomic mass is 9.89. The van der Waals surface area contributed by atoms with E-state index in [2.05, 4.69) is 21.7 Å². The molecule has 1 aliphatic carbocycles. The standard InChI is InChI=1S/C25H27F3N4O3/c1-35-22-10-7-18(12-30-22)16-5-8-20(9-6-16)32(21-13-29-14-21)23(33)15-31-24(34)17-3-2-4-19(11-17)25(26,27)28/h2-5,7,10-12,20-21,29H,6,8-9,13-15H2,1H3,(H,31,34). The van der Waals surface area contributed by atoms with Gasteiger partial charge in [-0.15, -0.1) is 0 Å². The fraction of sp³-hybridized carbons (Fsp3) is 0.400. The Labute approximate surface area is 201 Å². The van der Waals surface area contributed by atoms with E-state index in [1.54, 1.807) is 13.3 Å². The van der Waals surface area contributed by atoms with Crippen LogP contribution in [0.1, 0.15) is 40.7 Å². The Morgan fingerprint density at radius 2 is 2.00 bits per heavy atom. The Morgan fingerprint density at radius 3 is 2.57 bits per heavy atom. The predicted molar refractivity (Wildman–Crippen MR) is 124 cm³/mol. The molecule has 2 heterocycles. The number of allylic oxidation sites excluding steroid dienone is 1. The number of carbonyl (C=O) groups is 2. The molecule has 35 heavy (non-hydrogen) atoms. The van der Waals surface area contributed by atoms with Gasteiger partial charge in [-0.2, -0.15) is 13.2 Å². The minimum Gasteiger partial charge on any atom is -0.481 e. The Hall–Kier alpha value is -3.40. The molecule has 2 amide bonds. The van der Waals surface area contributed by atoms with Gasteiger partial charge in [0.05, 0.1) is 25.3 Å². The number of methoxy groups -OCH3 is 1. The molecule has 1 saturated heterocycles. The molecule has 1 aliphatic heterocycles. The van der Waals surface area contributed by atoms with Crippen LogP contribution in [0.15, 0.2) is 48.7 Å². The van der Waals surface area contributed by atoms with E-state index in [-0.39, 0.29) is 30.1 Å². The van der Waals surface area contributed by atoms with E-state index in [1.165, 1.54) is 12.1 Å². The number of ether oxygens (including phenoxy) is 1. The molecular formula is C25H27F3N4O3. The molecule has 1 aromatic heterocycles. The van der Waals surface area contributed by atoms with Crippen LogP contribution in [-0.4, -0.2) is 60.5 Å². The quantitative estimate of drug-likeness (QED) is 0.625. The first-order valence-electron chi connectivity index (χ1n) is 11.4. The van der Waals surface area contributed by atoms with Crippen molar-refractivity contribution in [2.24, 2.45) is 0 Å². The average molecular weight is 489 g/mol. The zero-order chi connectivity index (χ0) is 25.0. The van der Waals surface area contributed by atoms with Gasteiger partial charge in [0, 0.05) is 37.0 Å². The lowest BCUT2D eigenvalue weighted by molar-refractivity contribution is -0.138. The molecule has 0 bridgehead atoms. The molecule has 0 saturated carbocycles. The number of hydrogen-bond acceptors (Lipinski definition) is 5. The molecule has 186 valence electrons. The normalized spacial score (nSPS) is 18.3. The third-order valence-electron chi connectivity index (χ3n) is 6.39. The number of alkyl halides is 3. The van der Waals surface area contributed by atoms with Crippen molar-refractivity contribution in [2.75, 3.05) is 26.7 Å². The maximum absolute atomic E-state index is 13.1. The number of halogens is 3. The molecule has 10 heteroatoms. The lowest BCUT2D eigenvalue weighted by Crippen LogP contribution is -2.63. The van der Waals surface area contributed by atoms with Gasteiger partial charge in [0.1, 0.15) is 0 Å². The number of aromatic nitrogens is 1. The van der Waals surface area contributed by atoms with Crippen LogP contribution in [0.4, 0.5) is 13.2 Å². The molecule has 0 radical (unpaired) electrons. The van der Waals surface area contributed by atoms with Gasteiger partial charge in [-0.1, -0.05) is 12.1 Å². The lowest BCUT2D eigenvalue weighted by Gasteiger charge is -2.44. The van der Waals surface area contributed by atoms with Gasteiger partial charge in [0.25, 0.3) is 5.91 Å². The largest absolute Gasteiger partial charge is 0.481 e. The number of pyridine rings is 1. The summed E-state index contributed by atoms with van der Waals surface area (Å²) in [7, 11) is 1.56. The molecule has 0 spiro atoms. The first kappa shape index (κ1) is 24.7. The molecule has 1 unspecified atom stereocenters. The summed E-state index contributed by atoms with van der Waals surface area (Å²) in [6.07, 6.45) is 1.56. The Kier molecular flexibility index (Phi) is 7.39. The molecule has 7 nitrogen and oxygen atoms in total. The van der Waals surface area contributed by atoms with Gasteiger partial charge < -0.3 is 20.3 Å². The number of benzene rings is 1. The van der Waals surface area contributed by atoms with Crippen molar-refractivity contribution in [1.29, 1.82) is 0 Å². The van der Waals surface area contributed by atoms with Gasteiger partial charge in [-0.05, 0) is 54.7 Å². The SMILES string of the molecule is COc1ccc(C2=CCC(N(C(=O)CNC(=O)c3cccc(C(F)(F)F)c3)C3CNC3)CC2)cn1. The highest BCUT2D eigenvalue weighted by Crippen LogP contribution is 2.31. The van der Waals surface area contributed by atoms with E-state index in [9.17, 15) is 22.8 Å². The number of nitrogens with one attached hydrogen (secondary N) is 2. The van der Waals surface area contributed by atoms with Crippen LogP contribution >= 0.6 is 0 Å². The predicted octanol–water partition coefficient (Wildman–Crippen LogP) is 3.28. The van der Waals surface area contributed by atoms with Crippen LogP contribution in [-0.2, 0) is 11.0 Å². The van der Waals surface area contributed by atoms with Crippen molar-refractivity contribution in [3.63, 3.8) is 0 Å². The molecule has 1 fully saturated rings. The monoisotopic (exact) mass is 488 g/mol. The molecule has 2 N–H and O–H groups in total. The summed E-state index contributed by atoms with van der Waals surface area (Å²) < 4.78 is 44.0. The van der Waals surface area contributed by atoms with Gasteiger partial charge in [-0.25, -0.2) is 4.98 Å². The van der Waals surface area contributed by atoms with Crippen LogP contribution in [0.5, 0.6) is 5.88 Å². The van der Waals surface area contributed by atoms with Gasteiger partial charge in [-0.3, -0.25) is 9.59 Å². The number of rotatable bonds is 7. The molecular weight excluding hydrogens is 461 g/mol. The molecule has 2 aromatic rings. The number of carbonyl (C=O) groups excluding carboxylic acids is 2. The van der Waals surface area contributed by atoms with Crippen LogP contribution in [0.25, 0.3) is 5.57 Å². The second-order valence-corrected chi connectivity index (χ2v) is 8.62. The minimum absolute atomic E-state index is 0.0185. The maximum Gasteiger partial charge on any atom is 0.416 e. The second kappa shape index (κ2) is 10.5. The van der Waals surface area contributed by atoms with Crippen LogP contribution in [0, 0.1) is 0 Å². The van der Waals surface area contributed by atoms with Crippen molar-refractivity contribution >= 4 is 17.4 Å². The third-order valence-corrected chi connectivity index (χ3v) is 6.39. The van der Waals surface area contributed by atoms with Crippen LogP contribution < -0.4 is 15.4 Å². The van der Waals surface area contributed by atoms with E-state index < -0.39 is 17.6 Å². The van der Waals surface area contributed by atoms with E-state index in [4.69, 9.17) is 4.74 Å². The van der Waals surface area contributed by atoms with Crippen molar-refractivity contribution in [2.45, 2.75) is 37.5 Å². The Morgan fingerprint density at radius 1 is 1.20 bits per heavy atom. The minimum atomic E-state index is -4.55. The maximum atomic E-state index is 13.1. The zero-order valence-corrected chi connectivity index (χ0v) is 19.3.